The first-order valence-corrected chi connectivity index (χ1v) is 10.7. The lowest BCUT2D eigenvalue weighted by molar-refractivity contribution is -0.114. The van der Waals surface area contributed by atoms with Crippen LogP contribution in [0.4, 0.5) is 5.69 Å². The average molecular weight is 409 g/mol. The third kappa shape index (κ3) is 6.79. The zero-order valence-electron chi connectivity index (χ0n) is 17.9. The maximum Gasteiger partial charge on any atom is 0.221 e. The maximum atomic E-state index is 11.2. The van der Waals surface area contributed by atoms with E-state index in [0.717, 1.165) is 43.5 Å². The molecule has 3 rings (SSSR count). The van der Waals surface area contributed by atoms with Crippen LogP contribution in [0.1, 0.15) is 25.8 Å². The zero-order chi connectivity index (χ0) is 21.2. The van der Waals surface area contributed by atoms with E-state index in [-0.39, 0.29) is 5.91 Å². The second-order valence-corrected chi connectivity index (χ2v) is 7.58. The van der Waals surface area contributed by atoms with E-state index >= 15 is 0 Å². The zero-order valence-corrected chi connectivity index (χ0v) is 17.9. The largest absolute Gasteiger partial charge is 0.492 e. The van der Waals surface area contributed by atoms with Crippen molar-refractivity contribution in [3.05, 3.63) is 60.2 Å². The van der Waals surface area contributed by atoms with E-state index in [4.69, 9.17) is 9.73 Å². The predicted molar refractivity (Wildman–Crippen MR) is 122 cm³/mol. The molecule has 1 aliphatic rings. The average Bonchev–Trinajstić information content (AvgIpc) is 3.19. The third-order valence-electron chi connectivity index (χ3n) is 5.06. The molecule has 30 heavy (non-hydrogen) atoms. The third-order valence-corrected chi connectivity index (χ3v) is 5.06. The number of nitrogens with zero attached hydrogens (tertiary/aromatic N) is 2. The summed E-state index contributed by atoms with van der Waals surface area (Å²) in [4.78, 5) is 18.3. The number of hydrogen-bond donors (Lipinski definition) is 2. The van der Waals surface area contributed by atoms with E-state index in [1.165, 1.54) is 18.9 Å². The van der Waals surface area contributed by atoms with Gasteiger partial charge in [-0.05, 0) is 43.4 Å². The Morgan fingerprint density at radius 1 is 1.20 bits per heavy atom. The Hall–Kier alpha value is -3.02. The molecule has 2 aromatic carbocycles. The van der Waals surface area contributed by atoms with Crippen molar-refractivity contribution in [2.75, 3.05) is 38.1 Å². The Bertz CT molecular complexity index is 838. The summed E-state index contributed by atoms with van der Waals surface area (Å²) in [5, 5.41) is 6.18. The van der Waals surface area contributed by atoms with Gasteiger partial charge in [0, 0.05) is 38.3 Å². The minimum atomic E-state index is -0.0942. The van der Waals surface area contributed by atoms with Crippen LogP contribution in [0.15, 0.2) is 59.6 Å². The fourth-order valence-electron chi connectivity index (χ4n) is 3.75. The van der Waals surface area contributed by atoms with Crippen LogP contribution in [0.5, 0.6) is 5.75 Å². The molecule has 6 heteroatoms. The van der Waals surface area contributed by atoms with Crippen LogP contribution in [0.25, 0.3) is 0 Å². The number of likely N-dealkylation sites (tertiary alicyclic amines) is 1. The Morgan fingerprint density at radius 3 is 2.80 bits per heavy atom. The highest BCUT2D eigenvalue weighted by Crippen LogP contribution is 2.21. The molecule has 1 fully saturated rings. The van der Waals surface area contributed by atoms with Gasteiger partial charge in [0.05, 0.1) is 6.54 Å². The minimum Gasteiger partial charge on any atom is -0.492 e. The van der Waals surface area contributed by atoms with Crippen molar-refractivity contribution in [2.45, 2.75) is 26.7 Å². The monoisotopic (exact) mass is 408 g/mol. The van der Waals surface area contributed by atoms with Crippen LogP contribution < -0.4 is 15.4 Å². The van der Waals surface area contributed by atoms with Crippen LogP contribution in [0.2, 0.25) is 0 Å². The number of rotatable bonds is 8. The van der Waals surface area contributed by atoms with Crippen LogP contribution in [0, 0.1) is 5.92 Å². The van der Waals surface area contributed by atoms with E-state index in [9.17, 15) is 4.79 Å². The number of guanidine groups is 1. The number of anilines is 1. The summed E-state index contributed by atoms with van der Waals surface area (Å²) in [7, 11) is 0. The molecule has 0 radical (unpaired) electrons. The molecule has 0 saturated carbocycles. The van der Waals surface area contributed by atoms with E-state index in [2.05, 4.69) is 52.8 Å². The molecule has 2 N–H and O–H groups in total. The lowest BCUT2D eigenvalue weighted by Crippen LogP contribution is -2.40. The molecular formula is C24H32N4O2. The van der Waals surface area contributed by atoms with E-state index in [1.54, 1.807) is 0 Å². The van der Waals surface area contributed by atoms with Crippen molar-refractivity contribution in [1.82, 2.24) is 10.2 Å². The molecule has 1 unspecified atom stereocenters. The predicted octanol–water partition coefficient (Wildman–Crippen LogP) is 3.55. The lowest BCUT2D eigenvalue weighted by Gasteiger charge is -2.21. The van der Waals surface area contributed by atoms with Crippen molar-refractivity contribution in [3.63, 3.8) is 0 Å². The minimum absolute atomic E-state index is 0.0942. The lowest BCUT2D eigenvalue weighted by atomic mass is 9.99. The van der Waals surface area contributed by atoms with Crippen molar-refractivity contribution in [2.24, 2.45) is 10.9 Å². The second-order valence-electron chi connectivity index (χ2n) is 7.58. The van der Waals surface area contributed by atoms with E-state index in [1.807, 2.05) is 24.3 Å². The molecule has 160 valence electrons. The van der Waals surface area contributed by atoms with Crippen molar-refractivity contribution in [1.29, 1.82) is 0 Å². The van der Waals surface area contributed by atoms with Gasteiger partial charge in [0.2, 0.25) is 5.91 Å². The van der Waals surface area contributed by atoms with E-state index in [0.29, 0.717) is 19.1 Å². The summed E-state index contributed by atoms with van der Waals surface area (Å²) in [6.07, 6.45) is 2.30. The maximum absolute atomic E-state index is 11.2. The summed E-state index contributed by atoms with van der Waals surface area (Å²) in [5.41, 5.74) is 2.14. The van der Waals surface area contributed by atoms with Crippen LogP contribution in [-0.2, 0) is 11.2 Å². The summed E-state index contributed by atoms with van der Waals surface area (Å²) >= 11 is 0. The second kappa shape index (κ2) is 11.2. The smallest absolute Gasteiger partial charge is 0.221 e. The number of hydrogen-bond acceptors (Lipinski definition) is 3. The summed E-state index contributed by atoms with van der Waals surface area (Å²) in [5.74, 6) is 2.25. The number of ether oxygens (including phenoxy) is 1. The molecule has 1 amide bonds. The first-order chi connectivity index (χ1) is 14.6. The van der Waals surface area contributed by atoms with Gasteiger partial charge in [0.25, 0.3) is 0 Å². The van der Waals surface area contributed by atoms with Gasteiger partial charge < -0.3 is 20.3 Å². The van der Waals surface area contributed by atoms with Gasteiger partial charge in [-0.3, -0.25) is 4.79 Å². The quantitative estimate of drug-likeness (QED) is 0.398. The van der Waals surface area contributed by atoms with Gasteiger partial charge in [0.15, 0.2) is 5.96 Å². The molecule has 1 atom stereocenters. The molecule has 1 aliphatic heterocycles. The van der Waals surface area contributed by atoms with E-state index < -0.39 is 0 Å². The van der Waals surface area contributed by atoms with Gasteiger partial charge in [-0.25, -0.2) is 4.99 Å². The SMILES string of the molecule is CCNC(=NCCOc1cccc(NC(C)=O)c1)N1CCC(Cc2ccccc2)C1. The van der Waals surface area contributed by atoms with Crippen LogP contribution in [-0.4, -0.2) is 49.6 Å². The molecule has 0 spiro atoms. The summed E-state index contributed by atoms with van der Waals surface area (Å²) < 4.78 is 5.81. The Labute approximate surface area is 179 Å². The number of carbonyl (C=O) groups is 1. The van der Waals surface area contributed by atoms with Crippen molar-refractivity contribution >= 4 is 17.6 Å². The topological polar surface area (TPSA) is 66.0 Å². The van der Waals surface area contributed by atoms with Gasteiger partial charge >= 0.3 is 0 Å². The van der Waals surface area contributed by atoms with Gasteiger partial charge in [-0.1, -0.05) is 36.4 Å². The molecule has 1 heterocycles. The standard InChI is InChI=1S/C24H32N4O2/c1-3-25-24(28-14-12-21(18-28)16-20-8-5-4-6-9-20)26-13-15-30-23-11-7-10-22(17-23)27-19(2)29/h4-11,17,21H,3,12-16,18H2,1-2H3,(H,25,26)(H,27,29). The number of carbonyl (C=O) groups excluding carboxylic acids is 1. The number of aliphatic imine (C=N–C) groups is 1. The summed E-state index contributed by atoms with van der Waals surface area (Å²) in [6.45, 7) is 7.55. The molecule has 1 saturated heterocycles. The van der Waals surface area contributed by atoms with Gasteiger partial charge in [-0.15, -0.1) is 0 Å². The normalized spacial score (nSPS) is 16.4. The fourth-order valence-corrected chi connectivity index (χ4v) is 3.75. The first-order valence-electron chi connectivity index (χ1n) is 10.7. The van der Waals surface area contributed by atoms with Crippen molar-refractivity contribution < 1.29 is 9.53 Å². The number of amides is 1. The van der Waals surface area contributed by atoms with Crippen LogP contribution >= 0.6 is 0 Å². The molecule has 2 aromatic rings. The Kier molecular flexibility index (Phi) is 8.12. The molecular weight excluding hydrogens is 376 g/mol. The Balaban J connectivity index is 1.49. The number of benzene rings is 2. The van der Waals surface area contributed by atoms with Crippen LogP contribution in [0.3, 0.4) is 0 Å². The first kappa shape index (κ1) is 21.7. The molecule has 0 aromatic heterocycles. The Morgan fingerprint density at radius 2 is 2.03 bits per heavy atom. The molecule has 6 nitrogen and oxygen atoms in total. The highest BCUT2D eigenvalue weighted by molar-refractivity contribution is 5.88. The van der Waals surface area contributed by atoms with Gasteiger partial charge in [-0.2, -0.15) is 0 Å². The highest BCUT2D eigenvalue weighted by atomic mass is 16.5. The number of nitrogens with one attached hydrogen (secondary N) is 2. The fraction of sp³-hybridized carbons (Fsp3) is 0.417. The summed E-state index contributed by atoms with van der Waals surface area (Å²) in [6, 6.07) is 18.1. The molecule has 0 aliphatic carbocycles. The van der Waals surface area contributed by atoms with Crippen molar-refractivity contribution in [3.8, 4) is 5.75 Å². The van der Waals surface area contributed by atoms with Gasteiger partial charge in [0.1, 0.15) is 12.4 Å². The molecule has 0 bridgehead atoms. The highest BCUT2D eigenvalue weighted by Gasteiger charge is 2.24.